The Bertz CT molecular complexity index is 184. The topological polar surface area (TPSA) is 43.1 Å². The van der Waals surface area contributed by atoms with Crippen LogP contribution in [-0.2, 0) is 4.79 Å². The molecule has 0 saturated heterocycles. The third kappa shape index (κ3) is 21.9. The van der Waals surface area contributed by atoms with Gasteiger partial charge >= 0.3 is 0 Å². The first-order valence-electron chi connectivity index (χ1n) is 9.92. The molecule has 0 bridgehead atoms. The van der Waals surface area contributed by atoms with E-state index in [9.17, 15) is 4.79 Å². The number of unbranched alkanes of at least 4 members (excludes halogenated alkanes) is 10. The largest absolute Gasteiger partial charge is 0.330 e. The summed E-state index contributed by atoms with van der Waals surface area (Å²) in [5, 5.41) is 0. The monoisotopic (exact) mass is 313 g/mol. The lowest BCUT2D eigenvalue weighted by Gasteiger charge is -2.03. The van der Waals surface area contributed by atoms with E-state index in [1.807, 2.05) is 0 Å². The van der Waals surface area contributed by atoms with Gasteiger partial charge in [-0.05, 0) is 25.8 Å². The average molecular weight is 314 g/mol. The Morgan fingerprint density at radius 1 is 0.727 bits per heavy atom. The normalized spacial score (nSPS) is 11.6. The fraction of sp³-hybridized carbons (Fsp3) is 0.950. The predicted molar refractivity (Wildman–Crippen MR) is 100 cm³/mol. The fourth-order valence-corrected chi connectivity index (χ4v) is 2.47. The quantitative estimate of drug-likeness (QED) is 0.286. The molecule has 2 N–H and O–H groups in total. The van der Waals surface area contributed by atoms with Crippen LogP contribution < -0.4 is 5.73 Å². The first-order chi connectivity index (χ1) is 10.8. The minimum Gasteiger partial charge on any atom is -0.330 e. The Morgan fingerprint density at radius 2 is 1.18 bits per heavy atom. The third-order valence-corrected chi connectivity index (χ3v) is 4.20. The summed E-state index contributed by atoms with van der Waals surface area (Å²) in [6, 6.07) is 0. The van der Waals surface area contributed by atoms with E-state index in [2.05, 4.69) is 20.8 Å². The predicted octanol–water partition coefficient (Wildman–Crippen LogP) is 6.27. The summed E-state index contributed by atoms with van der Waals surface area (Å²) in [4.78, 5) is 10.2. The van der Waals surface area contributed by atoms with E-state index in [0.717, 1.165) is 25.7 Å². The summed E-state index contributed by atoms with van der Waals surface area (Å²) in [6.45, 7) is 7.36. The van der Waals surface area contributed by atoms with E-state index in [0.29, 0.717) is 5.92 Å². The zero-order valence-corrected chi connectivity index (χ0v) is 15.7. The van der Waals surface area contributed by atoms with Gasteiger partial charge in [-0.25, -0.2) is 0 Å². The van der Waals surface area contributed by atoms with Crippen LogP contribution >= 0.6 is 0 Å². The van der Waals surface area contributed by atoms with Gasteiger partial charge in [-0.1, -0.05) is 91.4 Å². The lowest BCUT2D eigenvalue weighted by atomic mass is 10.0. The van der Waals surface area contributed by atoms with Gasteiger partial charge in [0.25, 0.3) is 0 Å². The van der Waals surface area contributed by atoms with Crippen LogP contribution in [0.4, 0.5) is 0 Å². The highest BCUT2D eigenvalue weighted by molar-refractivity contribution is 5.53. The third-order valence-electron chi connectivity index (χ3n) is 4.20. The Hall–Kier alpha value is -0.370. The number of carbonyl (C=O) groups excluding carboxylic acids is 1. The van der Waals surface area contributed by atoms with Crippen molar-refractivity contribution in [2.45, 2.75) is 111 Å². The summed E-state index contributed by atoms with van der Waals surface area (Å²) < 4.78 is 0. The molecule has 0 aromatic carbocycles. The molecule has 0 aliphatic carbocycles. The highest BCUT2D eigenvalue weighted by Gasteiger charge is 2.01. The average Bonchev–Trinajstić information content (AvgIpc) is 2.55. The zero-order valence-electron chi connectivity index (χ0n) is 15.7. The lowest BCUT2D eigenvalue weighted by Crippen LogP contribution is -1.98. The Kier molecular flexibility index (Phi) is 24.9. The highest BCUT2D eigenvalue weighted by atomic mass is 16.1. The molecule has 0 amide bonds. The minimum absolute atomic E-state index is 0.324. The van der Waals surface area contributed by atoms with Crippen molar-refractivity contribution in [3.05, 3.63) is 0 Å². The molecule has 0 fully saturated rings. The van der Waals surface area contributed by atoms with E-state index in [1.54, 1.807) is 0 Å². The van der Waals surface area contributed by atoms with Crippen LogP contribution in [0.25, 0.3) is 0 Å². The number of aldehydes is 1. The molecule has 22 heavy (non-hydrogen) atoms. The number of carbonyl (C=O) groups is 1. The molecule has 0 aliphatic rings. The minimum atomic E-state index is 0.324. The van der Waals surface area contributed by atoms with Crippen LogP contribution in [-0.4, -0.2) is 12.8 Å². The van der Waals surface area contributed by atoms with E-state index < -0.39 is 0 Å². The molecule has 0 aliphatic heterocycles. The molecular formula is C20H43NO. The molecule has 0 aromatic heterocycles. The zero-order chi connectivity index (χ0) is 16.9. The van der Waals surface area contributed by atoms with Crippen molar-refractivity contribution < 1.29 is 4.79 Å². The van der Waals surface area contributed by atoms with Crippen LogP contribution in [0.5, 0.6) is 0 Å². The molecule has 0 heterocycles. The Morgan fingerprint density at radius 3 is 1.55 bits per heavy atom. The van der Waals surface area contributed by atoms with Crippen molar-refractivity contribution in [3.63, 3.8) is 0 Å². The summed E-state index contributed by atoms with van der Waals surface area (Å²) in [6.07, 6.45) is 19.5. The Labute approximate surface area is 140 Å². The summed E-state index contributed by atoms with van der Waals surface area (Å²) in [7, 11) is 0. The maximum atomic E-state index is 10.2. The van der Waals surface area contributed by atoms with E-state index in [-0.39, 0.29) is 0 Å². The van der Waals surface area contributed by atoms with Gasteiger partial charge in [0.15, 0.2) is 0 Å². The van der Waals surface area contributed by atoms with Gasteiger partial charge < -0.3 is 10.5 Å². The van der Waals surface area contributed by atoms with Crippen molar-refractivity contribution in [3.8, 4) is 0 Å². The standard InChI is InChI=1S/C12H27N.C8H16O/c1-2-3-4-5-6-7-8-9-10-11-12-13;1-3-5-6-8(4-2)7-9/h2-13H2,1H3;7-8H,3-6H2,1-2H3. The summed E-state index contributed by atoms with van der Waals surface area (Å²) in [5.41, 5.74) is 5.42. The van der Waals surface area contributed by atoms with Crippen LogP contribution in [0, 0.1) is 5.92 Å². The molecule has 0 saturated carbocycles. The maximum Gasteiger partial charge on any atom is 0.123 e. The van der Waals surface area contributed by atoms with Gasteiger partial charge in [0.2, 0.25) is 0 Å². The number of hydrogen-bond donors (Lipinski definition) is 1. The van der Waals surface area contributed by atoms with Crippen molar-refractivity contribution in [1.29, 1.82) is 0 Å². The first-order valence-corrected chi connectivity index (χ1v) is 9.92. The van der Waals surface area contributed by atoms with Gasteiger partial charge in [-0.15, -0.1) is 0 Å². The maximum absolute atomic E-state index is 10.2. The lowest BCUT2D eigenvalue weighted by molar-refractivity contribution is -0.111. The number of nitrogens with two attached hydrogens (primary N) is 1. The first kappa shape index (κ1) is 23.9. The molecule has 0 spiro atoms. The fourth-order valence-electron chi connectivity index (χ4n) is 2.47. The number of rotatable bonds is 15. The van der Waals surface area contributed by atoms with E-state index >= 15 is 0 Å². The molecule has 0 radical (unpaired) electrons. The highest BCUT2D eigenvalue weighted by Crippen LogP contribution is 2.10. The van der Waals surface area contributed by atoms with E-state index in [4.69, 9.17) is 5.73 Å². The SMILES string of the molecule is CCCCC(C=O)CC.CCCCCCCCCCCCN. The second-order valence-electron chi connectivity index (χ2n) is 6.42. The van der Waals surface area contributed by atoms with Gasteiger partial charge in [0.05, 0.1) is 0 Å². The molecule has 0 aromatic rings. The van der Waals surface area contributed by atoms with Crippen LogP contribution in [0.3, 0.4) is 0 Å². The van der Waals surface area contributed by atoms with Gasteiger partial charge in [-0.2, -0.15) is 0 Å². The molecule has 1 unspecified atom stereocenters. The summed E-state index contributed by atoms with van der Waals surface area (Å²) in [5.74, 6) is 0.324. The van der Waals surface area contributed by atoms with E-state index in [1.165, 1.54) is 77.0 Å². The molecule has 2 nitrogen and oxygen atoms in total. The molecular weight excluding hydrogens is 270 g/mol. The Balaban J connectivity index is 0. The molecule has 134 valence electrons. The van der Waals surface area contributed by atoms with Crippen molar-refractivity contribution >= 4 is 6.29 Å². The van der Waals surface area contributed by atoms with Gasteiger partial charge in [0, 0.05) is 5.92 Å². The molecule has 0 rings (SSSR count). The van der Waals surface area contributed by atoms with Crippen LogP contribution in [0.2, 0.25) is 0 Å². The summed E-state index contributed by atoms with van der Waals surface area (Å²) >= 11 is 0. The smallest absolute Gasteiger partial charge is 0.123 e. The second kappa shape index (κ2) is 22.9. The van der Waals surface area contributed by atoms with Crippen LogP contribution in [0.1, 0.15) is 111 Å². The van der Waals surface area contributed by atoms with Crippen molar-refractivity contribution in [1.82, 2.24) is 0 Å². The molecule has 1 atom stereocenters. The molecule has 2 heteroatoms. The van der Waals surface area contributed by atoms with Crippen molar-refractivity contribution in [2.75, 3.05) is 6.54 Å². The van der Waals surface area contributed by atoms with Crippen molar-refractivity contribution in [2.24, 2.45) is 11.7 Å². The van der Waals surface area contributed by atoms with Crippen LogP contribution in [0.15, 0.2) is 0 Å². The van der Waals surface area contributed by atoms with Gasteiger partial charge in [0.1, 0.15) is 6.29 Å². The number of hydrogen-bond acceptors (Lipinski definition) is 2. The second-order valence-corrected chi connectivity index (χ2v) is 6.42. The van der Waals surface area contributed by atoms with Gasteiger partial charge in [-0.3, -0.25) is 0 Å².